The SMILES string of the molecule is CC(C)CC(CN)C(=O)N(C)CCOCC1CC1. The third kappa shape index (κ3) is 5.83. The number of amides is 1. The maximum Gasteiger partial charge on any atom is 0.226 e. The Hall–Kier alpha value is -0.610. The van der Waals surface area contributed by atoms with Crippen LogP contribution in [0.1, 0.15) is 33.1 Å². The fourth-order valence-corrected chi connectivity index (χ4v) is 2.02. The summed E-state index contributed by atoms with van der Waals surface area (Å²) in [5.41, 5.74) is 5.68. The Labute approximate surface area is 111 Å². The highest BCUT2D eigenvalue weighted by atomic mass is 16.5. The van der Waals surface area contributed by atoms with Gasteiger partial charge >= 0.3 is 0 Å². The highest BCUT2D eigenvalue weighted by Crippen LogP contribution is 2.28. The average molecular weight is 256 g/mol. The smallest absolute Gasteiger partial charge is 0.226 e. The van der Waals surface area contributed by atoms with Gasteiger partial charge in [0.1, 0.15) is 0 Å². The number of hydrogen-bond donors (Lipinski definition) is 1. The van der Waals surface area contributed by atoms with E-state index in [1.54, 1.807) is 4.90 Å². The van der Waals surface area contributed by atoms with Gasteiger partial charge in [-0.3, -0.25) is 4.79 Å². The molecule has 0 aromatic heterocycles. The van der Waals surface area contributed by atoms with Crippen molar-refractivity contribution in [1.29, 1.82) is 0 Å². The molecule has 0 spiro atoms. The molecule has 2 N–H and O–H groups in total. The number of ether oxygens (including phenoxy) is 1. The van der Waals surface area contributed by atoms with E-state index in [4.69, 9.17) is 10.5 Å². The van der Waals surface area contributed by atoms with Crippen molar-refractivity contribution in [2.24, 2.45) is 23.5 Å². The molecule has 1 amide bonds. The minimum atomic E-state index is -0.0431. The molecule has 18 heavy (non-hydrogen) atoms. The molecule has 106 valence electrons. The molecule has 4 nitrogen and oxygen atoms in total. The molecule has 1 saturated carbocycles. The first-order valence-electron chi connectivity index (χ1n) is 7.07. The number of nitrogens with zero attached hydrogens (tertiary/aromatic N) is 1. The molecular weight excluding hydrogens is 228 g/mol. The van der Waals surface area contributed by atoms with Crippen LogP contribution < -0.4 is 5.73 Å². The predicted molar refractivity (Wildman–Crippen MR) is 73.2 cm³/mol. The number of likely N-dealkylation sites (N-methyl/N-ethyl adjacent to an activating group) is 1. The van der Waals surface area contributed by atoms with Crippen LogP contribution in [0.3, 0.4) is 0 Å². The number of rotatable bonds is 9. The second kappa shape index (κ2) is 7.74. The van der Waals surface area contributed by atoms with E-state index in [-0.39, 0.29) is 11.8 Å². The van der Waals surface area contributed by atoms with Crippen LogP contribution in [0.5, 0.6) is 0 Å². The Kier molecular flexibility index (Phi) is 6.65. The molecule has 0 heterocycles. The van der Waals surface area contributed by atoms with E-state index in [0.29, 0.717) is 25.6 Å². The molecule has 4 heteroatoms. The fraction of sp³-hybridized carbons (Fsp3) is 0.929. The number of carbonyl (C=O) groups is 1. The van der Waals surface area contributed by atoms with Crippen molar-refractivity contribution in [2.75, 3.05) is 33.4 Å². The van der Waals surface area contributed by atoms with Crippen LogP contribution in [-0.4, -0.2) is 44.2 Å². The number of carbonyl (C=O) groups excluding carboxylic acids is 1. The Balaban J connectivity index is 2.19. The second-order valence-corrected chi connectivity index (χ2v) is 5.84. The van der Waals surface area contributed by atoms with Crippen molar-refractivity contribution in [3.8, 4) is 0 Å². The molecule has 1 aliphatic carbocycles. The van der Waals surface area contributed by atoms with Crippen LogP contribution in [0.15, 0.2) is 0 Å². The first-order chi connectivity index (χ1) is 8.54. The van der Waals surface area contributed by atoms with E-state index in [1.165, 1.54) is 12.8 Å². The largest absolute Gasteiger partial charge is 0.379 e. The van der Waals surface area contributed by atoms with Crippen molar-refractivity contribution in [3.63, 3.8) is 0 Å². The van der Waals surface area contributed by atoms with Gasteiger partial charge in [-0.2, -0.15) is 0 Å². The van der Waals surface area contributed by atoms with Crippen LogP contribution in [-0.2, 0) is 9.53 Å². The maximum absolute atomic E-state index is 12.1. The average Bonchev–Trinajstić information content (AvgIpc) is 3.14. The van der Waals surface area contributed by atoms with Gasteiger partial charge in [0.05, 0.1) is 12.5 Å². The molecule has 0 aromatic rings. The predicted octanol–water partition coefficient (Wildman–Crippen LogP) is 1.49. The Morgan fingerprint density at radius 2 is 2.11 bits per heavy atom. The van der Waals surface area contributed by atoms with Gasteiger partial charge in [0, 0.05) is 26.7 Å². The van der Waals surface area contributed by atoms with Crippen molar-refractivity contribution >= 4 is 5.91 Å². The van der Waals surface area contributed by atoms with E-state index in [2.05, 4.69) is 13.8 Å². The summed E-state index contributed by atoms with van der Waals surface area (Å²) in [7, 11) is 1.84. The zero-order valence-electron chi connectivity index (χ0n) is 12.0. The molecule has 0 aromatic carbocycles. The zero-order chi connectivity index (χ0) is 13.5. The second-order valence-electron chi connectivity index (χ2n) is 5.84. The number of nitrogens with two attached hydrogens (primary N) is 1. The van der Waals surface area contributed by atoms with E-state index in [9.17, 15) is 4.79 Å². The molecule has 1 unspecified atom stereocenters. The van der Waals surface area contributed by atoms with Crippen molar-refractivity contribution < 1.29 is 9.53 Å². The van der Waals surface area contributed by atoms with Crippen molar-refractivity contribution in [1.82, 2.24) is 4.90 Å². The molecule has 1 atom stereocenters. The van der Waals surface area contributed by atoms with Gasteiger partial charge < -0.3 is 15.4 Å². The van der Waals surface area contributed by atoms with Crippen LogP contribution in [0.4, 0.5) is 0 Å². The van der Waals surface area contributed by atoms with E-state index in [0.717, 1.165) is 18.9 Å². The lowest BCUT2D eigenvalue weighted by molar-refractivity contribution is -0.135. The minimum absolute atomic E-state index is 0.0431. The minimum Gasteiger partial charge on any atom is -0.379 e. The van der Waals surface area contributed by atoms with E-state index in [1.807, 2.05) is 7.05 Å². The lowest BCUT2D eigenvalue weighted by Gasteiger charge is -2.24. The van der Waals surface area contributed by atoms with Crippen molar-refractivity contribution in [3.05, 3.63) is 0 Å². The topological polar surface area (TPSA) is 55.6 Å². The number of hydrogen-bond acceptors (Lipinski definition) is 3. The summed E-state index contributed by atoms with van der Waals surface area (Å²) in [4.78, 5) is 13.9. The fourth-order valence-electron chi connectivity index (χ4n) is 2.02. The van der Waals surface area contributed by atoms with Gasteiger partial charge in [0.15, 0.2) is 0 Å². The highest BCUT2D eigenvalue weighted by molar-refractivity contribution is 5.78. The molecule has 1 rings (SSSR count). The molecule has 1 aliphatic rings. The standard InChI is InChI=1S/C14H28N2O2/c1-11(2)8-13(9-15)14(17)16(3)6-7-18-10-12-4-5-12/h11-13H,4-10,15H2,1-3H3. The first-order valence-corrected chi connectivity index (χ1v) is 7.07. The van der Waals surface area contributed by atoms with Crippen LogP contribution in [0.2, 0.25) is 0 Å². The monoisotopic (exact) mass is 256 g/mol. The summed E-state index contributed by atoms with van der Waals surface area (Å²) in [5, 5.41) is 0. The Morgan fingerprint density at radius 3 is 2.61 bits per heavy atom. The summed E-state index contributed by atoms with van der Waals surface area (Å²) < 4.78 is 5.55. The zero-order valence-corrected chi connectivity index (χ0v) is 12.0. The van der Waals surface area contributed by atoms with Gasteiger partial charge in [-0.05, 0) is 31.1 Å². The molecule has 0 bridgehead atoms. The van der Waals surface area contributed by atoms with Crippen LogP contribution >= 0.6 is 0 Å². The molecule has 0 radical (unpaired) electrons. The van der Waals surface area contributed by atoms with Gasteiger partial charge in [-0.15, -0.1) is 0 Å². The molecule has 1 fully saturated rings. The van der Waals surface area contributed by atoms with Gasteiger partial charge in [-0.25, -0.2) is 0 Å². The molecule has 0 saturated heterocycles. The lowest BCUT2D eigenvalue weighted by Crippen LogP contribution is -2.39. The van der Waals surface area contributed by atoms with Crippen molar-refractivity contribution in [2.45, 2.75) is 33.1 Å². The summed E-state index contributed by atoms with van der Waals surface area (Å²) in [6.07, 6.45) is 3.47. The van der Waals surface area contributed by atoms with Crippen LogP contribution in [0.25, 0.3) is 0 Å². The van der Waals surface area contributed by atoms with Gasteiger partial charge in [0.25, 0.3) is 0 Å². The normalized spacial score (nSPS) is 16.9. The maximum atomic E-state index is 12.1. The Morgan fingerprint density at radius 1 is 1.44 bits per heavy atom. The third-order valence-corrected chi connectivity index (χ3v) is 3.39. The third-order valence-electron chi connectivity index (χ3n) is 3.39. The van der Waals surface area contributed by atoms with Crippen LogP contribution in [0, 0.1) is 17.8 Å². The highest BCUT2D eigenvalue weighted by Gasteiger charge is 2.23. The summed E-state index contributed by atoms with van der Waals surface area (Å²) in [5.74, 6) is 1.39. The quantitative estimate of drug-likeness (QED) is 0.636. The van der Waals surface area contributed by atoms with Gasteiger partial charge in [-0.1, -0.05) is 13.8 Å². The van der Waals surface area contributed by atoms with E-state index < -0.39 is 0 Å². The first kappa shape index (κ1) is 15.4. The van der Waals surface area contributed by atoms with E-state index >= 15 is 0 Å². The molecular formula is C14H28N2O2. The van der Waals surface area contributed by atoms with Gasteiger partial charge in [0.2, 0.25) is 5.91 Å². The summed E-state index contributed by atoms with van der Waals surface area (Å²) >= 11 is 0. The summed E-state index contributed by atoms with van der Waals surface area (Å²) in [6, 6.07) is 0. The Bertz CT molecular complexity index is 252. The lowest BCUT2D eigenvalue weighted by atomic mass is 9.96. The summed E-state index contributed by atoms with van der Waals surface area (Å²) in [6.45, 7) is 6.83. The molecule has 0 aliphatic heterocycles.